The number of carbonyl (C=O) groups is 1. The number of nitrogens with zero attached hydrogens (tertiary/aromatic N) is 1. The number of hydrogen-bond acceptors (Lipinski definition) is 2. The molecule has 0 atom stereocenters. The van der Waals surface area contributed by atoms with Crippen molar-refractivity contribution in [2.24, 2.45) is 12.8 Å². The van der Waals surface area contributed by atoms with E-state index in [1.807, 2.05) is 29.9 Å². The van der Waals surface area contributed by atoms with E-state index in [1.165, 1.54) is 0 Å². The van der Waals surface area contributed by atoms with Gasteiger partial charge in [0.25, 0.3) is 0 Å². The number of hydrogen-bond donors (Lipinski definition) is 2. The Balaban J connectivity index is 2.20. The van der Waals surface area contributed by atoms with Gasteiger partial charge in [0.1, 0.15) is 0 Å². The smallest absolute Gasteiger partial charge is 0.220 e. The summed E-state index contributed by atoms with van der Waals surface area (Å²) in [5.41, 5.74) is 6.46. The highest BCUT2D eigenvalue weighted by atomic mass is 16.1. The Kier molecular flexibility index (Phi) is 4.90. The lowest BCUT2D eigenvalue weighted by atomic mass is 10.2. The Hall–Kier alpha value is -1.29. The van der Waals surface area contributed by atoms with Crippen molar-refractivity contribution in [3.63, 3.8) is 0 Å². The molecule has 0 spiro atoms. The van der Waals surface area contributed by atoms with Crippen LogP contribution in [0.5, 0.6) is 0 Å². The van der Waals surface area contributed by atoms with Gasteiger partial charge in [-0.1, -0.05) is 0 Å². The van der Waals surface area contributed by atoms with Crippen molar-refractivity contribution in [3.8, 4) is 0 Å². The number of rotatable bonds is 6. The second-order valence-corrected chi connectivity index (χ2v) is 3.63. The first kappa shape index (κ1) is 11.8. The molecule has 0 saturated carbocycles. The van der Waals surface area contributed by atoms with E-state index in [1.54, 1.807) is 0 Å². The van der Waals surface area contributed by atoms with Gasteiger partial charge in [-0.15, -0.1) is 0 Å². The zero-order chi connectivity index (χ0) is 11.1. The third-order valence-corrected chi connectivity index (χ3v) is 2.38. The monoisotopic (exact) mass is 209 g/mol. The van der Waals surface area contributed by atoms with Crippen LogP contribution < -0.4 is 11.1 Å². The minimum atomic E-state index is 0.102. The minimum absolute atomic E-state index is 0.102. The molecule has 4 heteroatoms. The van der Waals surface area contributed by atoms with E-state index in [9.17, 15) is 4.79 Å². The summed E-state index contributed by atoms with van der Waals surface area (Å²) in [7, 11) is 1.97. The molecule has 1 rings (SSSR count). The van der Waals surface area contributed by atoms with Crippen LogP contribution >= 0.6 is 0 Å². The lowest BCUT2D eigenvalue weighted by molar-refractivity contribution is -0.121. The van der Waals surface area contributed by atoms with Gasteiger partial charge in [0, 0.05) is 25.4 Å². The fourth-order valence-corrected chi connectivity index (χ4v) is 1.39. The van der Waals surface area contributed by atoms with Crippen LogP contribution in [0.25, 0.3) is 0 Å². The molecule has 0 aliphatic heterocycles. The van der Waals surface area contributed by atoms with E-state index >= 15 is 0 Å². The van der Waals surface area contributed by atoms with E-state index in [0.29, 0.717) is 19.5 Å². The van der Waals surface area contributed by atoms with Gasteiger partial charge in [-0.3, -0.25) is 4.79 Å². The van der Waals surface area contributed by atoms with Gasteiger partial charge < -0.3 is 15.6 Å². The summed E-state index contributed by atoms with van der Waals surface area (Å²) < 4.78 is 2.00. The summed E-state index contributed by atoms with van der Waals surface area (Å²) in [6, 6.07) is 3.97. The molecule has 0 fully saturated rings. The zero-order valence-electron chi connectivity index (χ0n) is 9.20. The van der Waals surface area contributed by atoms with E-state index in [4.69, 9.17) is 5.73 Å². The highest BCUT2D eigenvalue weighted by Gasteiger charge is 2.02. The molecule has 0 aromatic carbocycles. The number of aromatic nitrogens is 1. The molecule has 15 heavy (non-hydrogen) atoms. The largest absolute Gasteiger partial charge is 0.353 e. The van der Waals surface area contributed by atoms with E-state index in [-0.39, 0.29) is 5.91 Å². The van der Waals surface area contributed by atoms with Gasteiger partial charge in [-0.25, -0.2) is 0 Å². The highest BCUT2D eigenvalue weighted by molar-refractivity contribution is 5.75. The summed E-state index contributed by atoms with van der Waals surface area (Å²) in [4.78, 5) is 11.4. The molecule has 4 nitrogen and oxygen atoms in total. The number of nitrogens with two attached hydrogens (primary N) is 1. The average molecular weight is 209 g/mol. The first-order valence-electron chi connectivity index (χ1n) is 5.31. The molecular weight excluding hydrogens is 190 g/mol. The van der Waals surface area contributed by atoms with Crippen LogP contribution in [0, 0.1) is 0 Å². The van der Waals surface area contributed by atoms with Crippen LogP contribution in [0.3, 0.4) is 0 Å². The summed E-state index contributed by atoms with van der Waals surface area (Å²) in [6.45, 7) is 1.26. The summed E-state index contributed by atoms with van der Waals surface area (Å²) in [5.74, 6) is 0.102. The fraction of sp³-hybridized carbons (Fsp3) is 0.545. The van der Waals surface area contributed by atoms with Crippen molar-refractivity contribution in [1.82, 2.24) is 9.88 Å². The Morgan fingerprint density at radius 3 is 2.93 bits per heavy atom. The lowest BCUT2D eigenvalue weighted by Crippen LogP contribution is -2.23. The zero-order valence-corrected chi connectivity index (χ0v) is 9.20. The number of aryl methyl sites for hydroxylation is 1. The first-order valence-corrected chi connectivity index (χ1v) is 5.31. The minimum Gasteiger partial charge on any atom is -0.353 e. The van der Waals surface area contributed by atoms with Crippen LogP contribution in [-0.4, -0.2) is 17.0 Å². The van der Waals surface area contributed by atoms with Crippen molar-refractivity contribution in [1.29, 1.82) is 0 Å². The van der Waals surface area contributed by atoms with Gasteiger partial charge in [0.15, 0.2) is 0 Å². The maximum Gasteiger partial charge on any atom is 0.220 e. The normalized spacial score (nSPS) is 10.3. The standard InChI is InChI=1S/C11H19N3O/c1-14-8-4-5-10(14)9-13-11(15)6-2-3-7-12/h4-5,8H,2-3,6-7,9,12H2,1H3,(H,13,15). The molecule has 0 saturated heterocycles. The van der Waals surface area contributed by atoms with Crippen LogP contribution in [0.1, 0.15) is 25.0 Å². The van der Waals surface area contributed by atoms with E-state index in [2.05, 4.69) is 5.32 Å². The number of unbranched alkanes of at least 4 members (excludes halogenated alkanes) is 1. The van der Waals surface area contributed by atoms with Gasteiger partial charge in [0.2, 0.25) is 5.91 Å². The Labute approximate surface area is 90.5 Å². The van der Waals surface area contributed by atoms with Crippen LogP contribution in [-0.2, 0) is 18.4 Å². The van der Waals surface area contributed by atoms with Gasteiger partial charge in [-0.2, -0.15) is 0 Å². The Morgan fingerprint density at radius 2 is 2.33 bits per heavy atom. The van der Waals surface area contributed by atoms with Gasteiger partial charge in [0.05, 0.1) is 6.54 Å². The average Bonchev–Trinajstić information content (AvgIpc) is 2.61. The molecule has 0 aliphatic rings. The molecule has 1 amide bonds. The second-order valence-electron chi connectivity index (χ2n) is 3.63. The molecule has 0 unspecified atom stereocenters. The molecule has 0 radical (unpaired) electrons. The third-order valence-electron chi connectivity index (χ3n) is 2.38. The van der Waals surface area contributed by atoms with Crippen LogP contribution in [0.2, 0.25) is 0 Å². The molecule has 84 valence electrons. The van der Waals surface area contributed by atoms with Crippen molar-refractivity contribution in [2.45, 2.75) is 25.8 Å². The van der Waals surface area contributed by atoms with Crippen molar-refractivity contribution in [2.75, 3.05) is 6.54 Å². The molecule has 1 aromatic heterocycles. The fourth-order valence-electron chi connectivity index (χ4n) is 1.39. The molecule has 3 N–H and O–H groups in total. The maximum atomic E-state index is 11.4. The van der Waals surface area contributed by atoms with Crippen molar-refractivity contribution in [3.05, 3.63) is 24.0 Å². The van der Waals surface area contributed by atoms with Crippen LogP contribution in [0.15, 0.2) is 18.3 Å². The SMILES string of the molecule is Cn1cccc1CNC(=O)CCCCN. The molecule has 0 aliphatic carbocycles. The predicted molar refractivity (Wildman–Crippen MR) is 60.2 cm³/mol. The second kappa shape index (κ2) is 6.24. The Bertz CT molecular complexity index is 307. The Morgan fingerprint density at radius 1 is 1.53 bits per heavy atom. The summed E-state index contributed by atoms with van der Waals surface area (Å²) >= 11 is 0. The molecule has 1 aromatic rings. The third kappa shape index (κ3) is 4.16. The molecule has 0 bridgehead atoms. The quantitative estimate of drug-likeness (QED) is 0.680. The maximum absolute atomic E-state index is 11.4. The van der Waals surface area contributed by atoms with Crippen LogP contribution in [0.4, 0.5) is 0 Å². The van der Waals surface area contributed by atoms with Crippen molar-refractivity contribution < 1.29 is 4.79 Å². The number of amides is 1. The predicted octanol–water partition coefficient (Wildman–Crippen LogP) is 0.770. The van der Waals surface area contributed by atoms with Gasteiger partial charge in [-0.05, 0) is 31.5 Å². The van der Waals surface area contributed by atoms with E-state index < -0.39 is 0 Å². The molecular formula is C11H19N3O. The van der Waals surface area contributed by atoms with E-state index in [0.717, 1.165) is 18.5 Å². The lowest BCUT2D eigenvalue weighted by Gasteiger charge is -2.05. The number of carbonyl (C=O) groups excluding carboxylic acids is 1. The summed E-state index contributed by atoms with van der Waals surface area (Å²) in [6.07, 6.45) is 4.32. The number of nitrogens with one attached hydrogen (secondary N) is 1. The van der Waals surface area contributed by atoms with Crippen molar-refractivity contribution >= 4 is 5.91 Å². The summed E-state index contributed by atoms with van der Waals surface area (Å²) in [5, 5.41) is 2.88. The first-order chi connectivity index (χ1) is 7.24. The topological polar surface area (TPSA) is 60.0 Å². The van der Waals surface area contributed by atoms with Gasteiger partial charge >= 0.3 is 0 Å². The highest BCUT2D eigenvalue weighted by Crippen LogP contribution is 1.99. The molecule has 1 heterocycles.